The molecule has 1 aromatic rings. The molecule has 0 saturated heterocycles. The normalized spacial score (nSPS) is 14.3. The molecule has 0 unspecified atom stereocenters. The SMILES string of the molecule is CCCCCCN1CCc2ccccc21. The lowest BCUT2D eigenvalue weighted by molar-refractivity contribution is 0.651. The summed E-state index contributed by atoms with van der Waals surface area (Å²) in [5.41, 5.74) is 3.02. The van der Waals surface area contributed by atoms with Crippen LogP contribution in [0.3, 0.4) is 0 Å². The summed E-state index contributed by atoms with van der Waals surface area (Å²) in [5, 5.41) is 0. The van der Waals surface area contributed by atoms with E-state index in [-0.39, 0.29) is 0 Å². The molecule has 1 heterocycles. The Morgan fingerprint density at radius 2 is 2.00 bits per heavy atom. The Labute approximate surface area is 93.1 Å². The quantitative estimate of drug-likeness (QED) is 0.660. The molecule has 0 bridgehead atoms. The van der Waals surface area contributed by atoms with Crippen molar-refractivity contribution in [3.05, 3.63) is 29.8 Å². The van der Waals surface area contributed by atoms with Gasteiger partial charge in [-0.1, -0.05) is 44.4 Å². The van der Waals surface area contributed by atoms with Crippen LogP contribution in [-0.2, 0) is 6.42 Å². The molecule has 0 saturated carbocycles. The highest BCUT2D eigenvalue weighted by molar-refractivity contribution is 5.57. The highest BCUT2D eigenvalue weighted by Gasteiger charge is 2.16. The van der Waals surface area contributed by atoms with Gasteiger partial charge in [-0.05, 0) is 24.5 Å². The van der Waals surface area contributed by atoms with E-state index in [2.05, 4.69) is 36.1 Å². The molecule has 0 fully saturated rings. The third-order valence-corrected chi connectivity index (χ3v) is 3.26. The monoisotopic (exact) mass is 203 g/mol. The molecule has 1 heteroatoms. The predicted molar refractivity (Wildman–Crippen MR) is 66.5 cm³/mol. The zero-order valence-corrected chi connectivity index (χ0v) is 9.71. The Morgan fingerprint density at radius 1 is 1.13 bits per heavy atom. The van der Waals surface area contributed by atoms with Crippen molar-refractivity contribution in [3.63, 3.8) is 0 Å². The molecule has 1 aliphatic rings. The second-order valence-corrected chi connectivity index (χ2v) is 4.43. The minimum absolute atomic E-state index is 1.23. The lowest BCUT2D eigenvalue weighted by Gasteiger charge is -2.18. The smallest absolute Gasteiger partial charge is 0.0399 e. The molecule has 0 atom stereocenters. The third-order valence-electron chi connectivity index (χ3n) is 3.26. The number of nitrogens with zero attached hydrogens (tertiary/aromatic N) is 1. The average Bonchev–Trinajstić information content (AvgIpc) is 2.68. The fourth-order valence-electron chi connectivity index (χ4n) is 2.37. The fourth-order valence-corrected chi connectivity index (χ4v) is 2.37. The lowest BCUT2D eigenvalue weighted by Crippen LogP contribution is -2.21. The minimum atomic E-state index is 1.23. The van der Waals surface area contributed by atoms with Crippen LogP contribution in [0.5, 0.6) is 0 Å². The molecular weight excluding hydrogens is 182 g/mol. The van der Waals surface area contributed by atoms with Gasteiger partial charge in [0.25, 0.3) is 0 Å². The standard InChI is InChI=1S/C14H21N/c1-2-3-4-7-11-15-12-10-13-8-5-6-9-14(13)15/h5-6,8-9H,2-4,7,10-12H2,1H3. The second-order valence-electron chi connectivity index (χ2n) is 4.43. The van der Waals surface area contributed by atoms with Gasteiger partial charge in [0, 0.05) is 18.8 Å². The maximum absolute atomic E-state index is 2.55. The zero-order valence-electron chi connectivity index (χ0n) is 9.71. The molecule has 15 heavy (non-hydrogen) atoms. The molecule has 0 radical (unpaired) electrons. The summed E-state index contributed by atoms with van der Waals surface area (Å²) in [4.78, 5) is 2.55. The van der Waals surface area contributed by atoms with Crippen LogP contribution in [0.2, 0.25) is 0 Å². The Kier molecular flexibility index (Phi) is 3.65. The van der Waals surface area contributed by atoms with Gasteiger partial charge in [-0.15, -0.1) is 0 Å². The Morgan fingerprint density at radius 3 is 2.87 bits per heavy atom. The number of fused-ring (bicyclic) bond motifs is 1. The van der Waals surface area contributed by atoms with Gasteiger partial charge < -0.3 is 4.90 Å². The average molecular weight is 203 g/mol. The summed E-state index contributed by atoms with van der Waals surface area (Å²) >= 11 is 0. The summed E-state index contributed by atoms with van der Waals surface area (Å²) in [5.74, 6) is 0. The highest BCUT2D eigenvalue weighted by Crippen LogP contribution is 2.27. The van der Waals surface area contributed by atoms with Crippen LogP contribution < -0.4 is 4.90 Å². The van der Waals surface area contributed by atoms with Crippen molar-refractivity contribution in [1.29, 1.82) is 0 Å². The molecule has 82 valence electrons. The summed E-state index contributed by atoms with van der Waals surface area (Å²) in [6.45, 7) is 4.74. The van der Waals surface area contributed by atoms with Crippen LogP contribution in [0.25, 0.3) is 0 Å². The molecule has 1 aromatic carbocycles. The van der Waals surface area contributed by atoms with Crippen molar-refractivity contribution in [2.45, 2.75) is 39.0 Å². The van der Waals surface area contributed by atoms with Gasteiger partial charge in [-0.2, -0.15) is 0 Å². The first kappa shape index (κ1) is 10.5. The molecule has 0 aromatic heterocycles. The van der Waals surface area contributed by atoms with Gasteiger partial charge in [0.2, 0.25) is 0 Å². The number of hydrogen-bond donors (Lipinski definition) is 0. The predicted octanol–water partition coefficient (Wildman–Crippen LogP) is 3.63. The van der Waals surface area contributed by atoms with E-state index in [1.807, 2.05) is 0 Å². The van der Waals surface area contributed by atoms with Gasteiger partial charge in [0.1, 0.15) is 0 Å². The number of para-hydroxylation sites is 1. The Bertz CT molecular complexity index is 306. The maximum Gasteiger partial charge on any atom is 0.0399 e. The topological polar surface area (TPSA) is 3.24 Å². The van der Waals surface area contributed by atoms with E-state index in [0.717, 1.165) is 0 Å². The fraction of sp³-hybridized carbons (Fsp3) is 0.571. The third kappa shape index (κ3) is 2.53. The van der Waals surface area contributed by atoms with E-state index >= 15 is 0 Å². The molecular formula is C14H21N. The van der Waals surface area contributed by atoms with Crippen molar-refractivity contribution in [2.75, 3.05) is 18.0 Å². The van der Waals surface area contributed by atoms with E-state index < -0.39 is 0 Å². The number of rotatable bonds is 5. The van der Waals surface area contributed by atoms with Crippen LogP contribution in [0.4, 0.5) is 5.69 Å². The van der Waals surface area contributed by atoms with Crippen LogP contribution in [0, 0.1) is 0 Å². The molecule has 0 spiro atoms. The maximum atomic E-state index is 2.55. The van der Waals surface area contributed by atoms with Crippen molar-refractivity contribution in [3.8, 4) is 0 Å². The van der Waals surface area contributed by atoms with E-state index in [0.29, 0.717) is 0 Å². The summed E-state index contributed by atoms with van der Waals surface area (Å²) in [6, 6.07) is 8.84. The Balaban J connectivity index is 1.85. The number of hydrogen-bond acceptors (Lipinski definition) is 1. The van der Waals surface area contributed by atoms with Crippen LogP contribution >= 0.6 is 0 Å². The summed E-state index contributed by atoms with van der Waals surface area (Å²) in [6.07, 6.45) is 6.69. The zero-order chi connectivity index (χ0) is 10.5. The van der Waals surface area contributed by atoms with Crippen molar-refractivity contribution >= 4 is 5.69 Å². The number of unbranched alkanes of at least 4 members (excludes halogenated alkanes) is 3. The largest absolute Gasteiger partial charge is 0.371 e. The molecule has 1 aliphatic heterocycles. The van der Waals surface area contributed by atoms with Gasteiger partial charge in [0.15, 0.2) is 0 Å². The molecule has 0 N–H and O–H groups in total. The van der Waals surface area contributed by atoms with Crippen LogP contribution in [-0.4, -0.2) is 13.1 Å². The van der Waals surface area contributed by atoms with Crippen molar-refractivity contribution in [2.24, 2.45) is 0 Å². The van der Waals surface area contributed by atoms with E-state index in [4.69, 9.17) is 0 Å². The molecule has 2 rings (SSSR count). The first-order valence-corrected chi connectivity index (χ1v) is 6.24. The lowest BCUT2D eigenvalue weighted by atomic mass is 10.2. The number of anilines is 1. The van der Waals surface area contributed by atoms with Crippen LogP contribution in [0.15, 0.2) is 24.3 Å². The molecule has 1 nitrogen and oxygen atoms in total. The second kappa shape index (κ2) is 5.20. The van der Waals surface area contributed by atoms with Gasteiger partial charge in [-0.3, -0.25) is 0 Å². The van der Waals surface area contributed by atoms with Gasteiger partial charge in [-0.25, -0.2) is 0 Å². The van der Waals surface area contributed by atoms with Crippen molar-refractivity contribution in [1.82, 2.24) is 0 Å². The van der Waals surface area contributed by atoms with E-state index in [9.17, 15) is 0 Å². The minimum Gasteiger partial charge on any atom is -0.371 e. The van der Waals surface area contributed by atoms with Crippen molar-refractivity contribution < 1.29 is 0 Å². The molecule has 0 amide bonds. The van der Waals surface area contributed by atoms with E-state index in [1.54, 1.807) is 0 Å². The summed E-state index contributed by atoms with van der Waals surface area (Å²) < 4.78 is 0. The van der Waals surface area contributed by atoms with Gasteiger partial charge >= 0.3 is 0 Å². The highest BCUT2D eigenvalue weighted by atomic mass is 15.1. The summed E-state index contributed by atoms with van der Waals surface area (Å²) in [7, 11) is 0. The molecule has 0 aliphatic carbocycles. The van der Waals surface area contributed by atoms with Crippen LogP contribution in [0.1, 0.15) is 38.2 Å². The first-order valence-electron chi connectivity index (χ1n) is 6.24. The van der Waals surface area contributed by atoms with E-state index in [1.165, 1.54) is 56.4 Å². The van der Waals surface area contributed by atoms with Gasteiger partial charge in [0.05, 0.1) is 0 Å². The first-order chi connectivity index (χ1) is 7.42. The Hall–Kier alpha value is -0.980. The number of benzene rings is 1.